The van der Waals surface area contributed by atoms with Crippen molar-refractivity contribution in [3.8, 4) is 6.07 Å². The second-order valence-corrected chi connectivity index (χ2v) is 6.09. The van der Waals surface area contributed by atoms with Crippen LogP contribution in [0.4, 0.5) is 16.2 Å². The average Bonchev–Trinajstić information content (AvgIpc) is 2.67. The van der Waals surface area contributed by atoms with Crippen LogP contribution in [0.5, 0.6) is 0 Å². The predicted molar refractivity (Wildman–Crippen MR) is 103 cm³/mol. The number of carbonyl (C=O) groups is 3. The second kappa shape index (κ2) is 9.97. The number of hydrogen-bond acceptors (Lipinski definition) is 6. The summed E-state index contributed by atoms with van der Waals surface area (Å²) in [4.78, 5) is 38.5. The van der Waals surface area contributed by atoms with Crippen LogP contribution in [-0.2, 0) is 14.3 Å². The monoisotopic (exact) mass is 385 g/mol. The summed E-state index contributed by atoms with van der Waals surface area (Å²) >= 11 is 0. The molecule has 0 radical (unpaired) electrons. The summed E-state index contributed by atoms with van der Waals surface area (Å²) in [6.45, 7) is 5.41. The molecule has 9 nitrogen and oxygen atoms in total. The summed E-state index contributed by atoms with van der Waals surface area (Å²) in [5.41, 5.74) is 1.09. The Hall–Kier alpha value is -3.54. The van der Waals surface area contributed by atoms with Gasteiger partial charge in [-0.2, -0.15) is 5.26 Å². The quantitative estimate of drug-likeness (QED) is 0.590. The molecule has 1 heterocycles. The number of nitriles is 1. The highest BCUT2D eigenvalue weighted by molar-refractivity contribution is 6.06. The number of amides is 3. The van der Waals surface area contributed by atoms with Gasteiger partial charge in [-0.1, -0.05) is 0 Å². The topological polar surface area (TPSA) is 115 Å². The zero-order valence-electron chi connectivity index (χ0n) is 15.9. The Kier molecular flexibility index (Phi) is 7.39. The lowest BCUT2D eigenvalue weighted by Crippen LogP contribution is -2.47. The normalized spacial score (nSPS) is 14.1. The van der Waals surface area contributed by atoms with Crippen LogP contribution in [0.15, 0.2) is 36.0 Å². The number of hydrogen-bond donors (Lipinski definition) is 2. The molecule has 1 saturated heterocycles. The highest BCUT2D eigenvalue weighted by atomic mass is 16.6. The molecule has 2 rings (SSSR count). The van der Waals surface area contributed by atoms with Crippen LogP contribution in [0, 0.1) is 11.3 Å². The molecule has 0 aromatic heterocycles. The smallest absolute Gasteiger partial charge is 0.409 e. The van der Waals surface area contributed by atoms with Gasteiger partial charge in [0.15, 0.2) is 0 Å². The van der Waals surface area contributed by atoms with E-state index in [2.05, 4.69) is 10.6 Å². The Balaban J connectivity index is 1.93. The molecule has 28 heavy (non-hydrogen) atoms. The van der Waals surface area contributed by atoms with Crippen molar-refractivity contribution in [3.05, 3.63) is 36.0 Å². The van der Waals surface area contributed by atoms with Crippen molar-refractivity contribution in [3.63, 3.8) is 0 Å². The molecule has 1 aromatic rings. The van der Waals surface area contributed by atoms with Gasteiger partial charge in [-0.15, -0.1) is 0 Å². The lowest BCUT2D eigenvalue weighted by atomic mass is 10.2. The van der Waals surface area contributed by atoms with E-state index in [0.29, 0.717) is 44.2 Å². The molecule has 2 N–H and O–H groups in total. The number of benzene rings is 1. The van der Waals surface area contributed by atoms with Crippen LogP contribution in [0.2, 0.25) is 0 Å². The number of piperazine rings is 1. The molecule has 1 fully saturated rings. The van der Waals surface area contributed by atoms with Crippen LogP contribution < -0.4 is 10.6 Å². The van der Waals surface area contributed by atoms with Crippen LogP contribution >= 0.6 is 0 Å². The van der Waals surface area contributed by atoms with E-state index in [9.17, 15) is 19.6 Å². The maximum absolute atomic E-state index is 12.4. The van der Waals surface area contributed by atoms with Gasteiger partial charge in [-0.05, 0) is 31.2 Å². The van der Waals surface area contributed by atoms with Crippen LogP contribution in [-0.4, -0.2) is 60.5 Å². The zero-order valence-corrected chi connectivity index (χ0v) is 15.9. The number of nitrogens with one attached hydrogen (secondary N) is 2. The summed E-state index contributed by atoms with van der Waals surface area (Å²) in [5.74, 6) is -0.711. The summed E-state index contributed by atoms with van der Waals surface area (Å²) < 4.78 is 4.97. The van der Waals surface area contributed by atoms with Gasteiger partial charge in [0.25, 0.3) is 5.91 Å². The highest BCUT2D eigenvalue weighted by Gasteiger charge is 2.21. The molecular formula is C19H23N5O4. The summed E-state index contributed by atoms with van der Waals surface area (Å²) in [5, 5.41) is 14.6. The molecule has 3 amide bonds. The number of nitrogens with zero attached hydrogens (tertiary/aromatic N) is 3. The largest absolute Gasteiger partial charge is 0.450 e. The molecule has 9 heteroatoms. The van der Waals surface area contributed by atoms with E-state index in [4.69, 9.17) is 4.74 Å². The lowest BCUT2D eigenvalue weighted by molar-refractivity contribution is -0.114. The van der Waals surface area contributed by atoms with Crippen molar-refractivity contribution in [2.24, 2.45) is 0 Å². The number of anilines is 2. The lowest BCUT2D eigenvalue weighted by Gasteiger charge is -2.33. The standard InChI is InChI=1S/C19H23N5O4/c1-3-28-19(27)24-10-8-23(9-11-24)13-15(12-20)18(26)22-17-6-4-16(5-7-17)21-14(2)25/h4-7,13H,3,8-11H2,1-2H3,(H,21,25)(H,22,26)/b15-13-. The number of carbonyl (C=O) groups excluding carboxylic acids is 3. The molecule has 0 aliphatic carbocycles. The Bertz CT molecular complexity index is 790. The third-order valence-electron chi connectivity index (χ3n) is 3.98. The SMILES string of the molecule is CCOC(=O)N1CCN(/C=C(/C#N)C(=O)Nc2ccc(NC(C)=O)cc2)CC1. The first-order valence-corrected chi connectivity index (χ1v) is 8.89. The Morgan fingerprint density at radius 1 is 1.11 bits per heavy atom. The minimum atomic E-state index is -0.525. The molecule has 1 aliphatic heterocycles. The maximum Gasteiger partial charge on any atom is 0.409 e. The minimum absolute atomic E-state index is 0.0319. The van der Waals surface area contributed by atoms with E-state index in [0.717, 1.165) is 0 Å². The summed E-state index contributed by atoms with van der Waals surface area (Å²) in [7, 11) is 0. The zero-order chi connectivity index (χ0) is 20.5. The average molecular weight is 385 g/mol. The van der Waals surface area contributed by atoms with Gasteiger partial charge in [-0.3, -0.25) is 9.59 Å². The van der Waals surface area contributed by atoms with E-state index in [1.54, 1.807) is 36.1 Å². The summed E-state index contributed by atoms with van der Waals surface area (Å²) in [6, 6.07) is 8.49. The van der Waals surface area contributed by atoms with Gasteiger partial charge >= 0.3 is 6.09 Å². The minimum Gasteiger partial charge on any atom is -0.450 e. The van der Waals surface area contributed by atoms with Crippen LogP contribution in [0.3, 0.4) is 0 Å². The third-order valence-corrected chi connectivity index (χ3v) is 3.98. The van der Waals surface area contributed by atoms with E-state index >= 15 is 0 Å². The van der Waals surface area contributed by atoms with Crippen molar-refractivity contribution < 1.29 is 19.1 Å². The number of rotatable bonds is 5. The first-order valence-electron chi connectivity index (χ1n) is 8.89. The van der Waals surface area contributed by atoms with E-state index in [-0.39, 0.29) is 17.6 Å². The molecule has 0 unspecified atom stereocenters. The molecule has 1 aliphatic rings. The van der Waals surface area contributed by atoms with E-state index in [1.165, 1.54) is 13.1 Å². The van der Waals surface area contributed by atoms with Crippen molar-refractivity contribution in [2.75, 3.05) is 43.4 Å². The van der Waals surface area contributed by atoms with Crippen LogP contribution in [0.1, 0.15) is 13.8 Å². The Labute approximate surface area is 163 Å². The van der Waals surface area contributed by atoms with Crippen molar-refractivity contribution in [2.45, 2.75) is 13.8 Å². The summed E-state index contributed by atoms with van der Waals surface area (Å²) in [6.07, 6.45) is 1.15. The molecular weight excluding hydrogens is 362 g/mol. The molecule has 0 spiro atoms. The fraction of sp³-hybridized carbons (Fsp3) is 0.368. The van der Waals surface area contributed by atoms with Crippen molar-refractivity contribution >= 4 is 29.3 Å². The predicted octanol–water partition coefficient (Wildman–Crippen LogP) is 1.77. The van der Waals surface area contributed by atoms with E-state index < -0.39 is 5.91 Å². The highest BCUT2D eigenvalue weighted by Crippen LogP contribution is 2.15. The second-order valence-electron chi connectivity index (χ2n) is 6.09. The fourth-order valence-electron chi connectivity index (χ4n) is 2.61. The van der Waals surface area contributed by atoms with Crippen molar-refractivity contribution in [1.29, 1.82) is 5.26 Å². The first kappa shape index (κ1) is 20.8. The molecule has 1 aromatic carbocycles. The Morgan fingerprint density at radius 2 is 1.68 bits per heavy atom. The maximum atomic E-state index is 12.4. The van der Waals surface area contributed by atoms with Crippen molar-refractivity contribution in [1.82, 2.24) is 9.80 Å². The molecule has 148 valence electrons. The fourth-order valence-corrected chi connectivity index (χ4v) is 2.61. The van der Waals surface area contributed by atoms with Gasteiger partial charge in [0.2, 0.25) is 5.91 Å². The van der Waals surface area contributed by atoms with Gasteiger partial charge in [0.05, 0.1) is 6.61 Å². The third kappa shape index (κ3) is 6.02. The Morgan fingerprint density at radius 3 is 2.18 bits per heavy atom. The van der Waals surface area contributed by atoms with Gasteiger partial charge < -0.3 is 25.2 Å². The molecule has 0 atom stereocenters. The van der Waals surface area contributed by atoms with Gasteiger partial charge in [0, 0.05) is 50.7 Å². The van der Waals surface area contributed by atoms with Gasteiger partial charge in [-0.25, -0.2) is 4.79 Å². The number of ether oxygens (including phenoxy) is 1. The molecule has 0 saturated carbocycles. The molecule has 0 bridgehead atoms. The van der Waals surface area contributed by atoms with Gasteiger partial charge in [0.1, 0.15) is 11.6 Å². The van der Waals surface area contributed by atoms with Crippen LogP contribution in [0.25, 0.3) is 0 Å². The first-order chi connectivity index (χ1) is 13.4. The van der Waals surface area contributed by atoms with E-state index in [1.807, 2.05) is 11.0 Å².